The summed E-state index contributed by atoms with van der Waals surface area (Å²) < 4.78 is 5.50. The van der Waals surface area contributed by atoms with E-state index in [2.05, 4.69) is 27.8 Å². The Morgan fingerprint density at radius 2 is 2.04 bits per heavy atom. The van der Waals surface area contributed by atoms with Crippen LogP contribution in [-0.2, 0) is 6.42 Å². The minimum absolute atomic E-state index is 0.0875. The second kappa shape index (κ2) is 7.96. The molecular formula is C20H23N3O2S2. The molecule has 1 amide bonds. The first-order valence-electron chi connectivity index (χ1n) is 9.17. The Morgan fingerprint density at radius 1 is 1.22 bits per heavy atom. The van der Waals surface area contributed by atoms with Gasteiger partial charge in [-0.2, -0.15) is 0 Å². The fourth-order valence-electron chi connectivity index (χ4n) is 3.41. The third-order valence-corrected chi connectivity index (χ3v) is 6.70. The Labute approximate surface area is 167 Å². The van der Waals surface area contributed by atoms with Gasteiger partial charge in [0, 0.05) is 44.5 Å². The molecule has 1 aliphatic heterocycles. The highest BCUT2D eigenvalue weighted by Crippen LogP contribution is 2.26. The van der Waals surface area contributed by atoms with Crippen molar-refractivity contribution in [1.29, 1.82) is 0 Å². The van der Waals surface area contributed by atoms with Crippen LogP contribution >= 0.6 is 22.7 Å². The van der Waals surface area contributed by atoms with Gasteiger partial charge in [-0.1, -0.05) is 6.07 Å². The normalized spacial score (nSPS) is 15.4. The molecule has 3 aromatic rings. The zero-order chi connectivity index (χ0) is 18.8. The maximum absolute atomic E-state index is 12.7. The lowest BCUT2D eigenvalue weighted by Crippen LogP contribution is -2.49. The molecule has 0 saturated carbocycles. The summed E-state index contributed by atoms with van der Waals surface area (Å²) in [6.07, 6.45) is 0.962. The van der Waals surface area contributed by atoms with Crippen molar-refractivity contribution >= 4 is 28.6 Å². The molecule has 0 aromatic carbocycles. The zero-order valence-corrected chi connectivity index (χ0v) is 17.2. The quantitative estimate of drug-likeness (QED) is 0.646. The average Bonchev–Trinajstić information content (AvgIpc) is 3.40. The van der Waals surface area contributed by atoms with Crippen molar-refractivity contribution in [1.82, 2.24) is 14.8 Å². The minimum Gasteiger partial charge on any atom is -0.466 e. The highest BCUT2D eigenvalue weighted by Gasteiger charge is 2.24. The van der Waals surface area contributed by atoms with E-state index in [4.69, 9.17) is 9.40 Å². The SMILES string of the molecule is Cc1cc(C(=O)N2CCN(CCc3nc(-c4cccs4)cs3)CC2)c(C)o1. The molecular weight excluding hydrogens is 378 g/mol. The topological polar surface area (TPSA) is 49.6 Å². The second-order valence-electron chi connectivity index (χ2n) is 6.81. The van der Waals surface area contributed by atoms with Crippen molar-refractivity contribution in [2.45, 2.75) is 20.3 Å². The molecule has 4 heterocycles. The first-order chi connectivity index (χ1) is 13.1. The molecule has 27 heavy (non-hydrogen) atoms. The number of aromatic nitrogens is 1. The molecule has 5 nitrogen and oxygen atoms in total. The van der Waals surface area contributed by atoms with E-state index >= 15 is 0 Å². The number of rotatable bonds is 5. The minimum atomic E-state index is 0.0875. The van der Waals surface area contributed by atoms with Gasteiger partial charge in [0.15, 0.2) is 0 Å². The van der Waals surface area contributed by atoms with Crippen LogP contribution < -0.4 is 0 Å². The van der Waals surface area contributed by atoms with Crippen LogP contribution in [0, 0.1) is 13.8 Å². The summed E-state index contributed by atoms with van der Waals surface area (Å²) in [7, 11) is 0. The van der Waals surface area contributed by atoms with Gasteiger partial charge >= 0.3 is 0 Å². The van der Waals surface area contributed by atoms with E-state index in [9.17, 15) is 4.79 Å². The van der Waals surface area contributed by atoms with E-state index < -0.39 is 0 Å². The van der Waals surface area contributed by atoms with Crippen molar-refractivity contribution in [3.05, 3.63) is 51.1 Å². The fourth-order valence-corrected chi connectivity index (χ4v) is 4.95. The summed E-state index contributed by atoms with van der Waals surface area (Å²) in [5.74, 6) is 1.59. The van der Waals surface area contributed by atoms with Crippen molar-refractivity contribution in [3.8, 4) is 10.6 Å². The largest absolute Gasteiger partial charge is 0.466 e. The number of piperazine rings is 1. The van der Waals surface area contributed by atoms with Crippen LogP contribution in [0.1, 0.15) is 26.9 Å². The van der Waals surface area contributed by atoms with Crippen molar-refractivity contribution < 1.29 is 9.21 Å². The van der Waals surface area contributed by atoms with E-state index in [1.54, 1.807) is 22.7 Å². The molecule has 0 bridgehead atoms. The van der Waals surface area contributed by atoms with Gasteiger partial charge in [-0.25, -0.2) is 4.98 Å². The number of aryl methyl sites for hydroxylation is 2. The summed E-state index contributed by atoms with van der Waals surface area (Å²) in [4.78, 5) is 23.0. The number of nitrogens with zero attached hydrogens (tertiary/aromatic N) is 3. The molecule has 1 aliphatic rings. The zero-order valence-electron chi connectivity index (χ0n) is 15.6. The first-order valence-corrected chi connectivity index (χ1v) is 10.9. The maximum Gasteiger partial charge on any atom is 0.257 e. The van der Waals surface area contributed by atoms with Crippen molar-refractivity contribution in [3.63, 3.8) is 0 Å². The molecule has 1 fully saturated rings. The van der Waals surface area contributed by atoms with Gasteiger partial charge in [-0.3, -0.25) is 9.69 Å². The third kappa shape index (κ3) is 4.15. The molecule has 0 radical (unpaired) electrons. The summed E-state index contributed by atoms with van der Waals surface area (Å²) in [6, 6.07) is 6.02. The van der Waals surface area contributed by atoms with Gasteiger partial charge in [0.05, 0.1) is 21.1 Å². The number of hydrogen-bond donors (Lipinski definition) is 0. The standard InChI is InChI=1S/C20H23N3O2S2/c1-14-12-16(15(2)25-14)20(24)23-9-7-22(8-10-23)6-5-19-21-17(13-27-19)18-4-3-11-26-18/h3-4,11-13H,5-10H2,1-2H3. The van der Waals surface area contributed by atoms with Crippen LogP contribution in [0.2, 0.25) is 0 Å². The van der Waals surface area contributed by atoms with Gasteiger partial charge in [0.1, 0.15) is 11.5 Å². The van der Waals surface area contributed by atoms with E-state index in [-0.39, 0.29) is 5.91 Å². The van der Waals surface area contributed by atoms with Crippen molar-refractivity contribution in [2.24, 2.45) is 0 Å². The summed E-state index contributed by atoms with van der Waals surface area (Å²) in [6.45, 7) is 8.07. The molecule has 3 aromatic heterocycles. The van der Waals surface area contributed by atoms with Gasteiger partial charge in [0.2, 0.25) is 0 Å². The molecule has 0 unspecified atom stereocenters. The van der Waals surface area contributed by atoms with Gasteiger partial charge in [-0.15, -0.1) is 22.7 Å². The van der Waals surface area contributed by atoms with Crippen LogP contribution in [0.25, 0.3) is 10.6 Å². The molecule has 0 spiro atoms. The van der Waals surface area contributed by atoms with Crippen LogP contribution in [0.5, 0.6) is 0 Å². The van der Waals surface area contributed by atoms with Crippen LogP contribution in [0.4, 0.5) is 0 Å². The number of furan rings is 1. The molecule has 0 N–H and O–H groups in total. The van der Waals surface area contributed by atoms with E-state index in [1.165, 1.54) is 9.88 Å². The molecule has 4 rings (SSSR count). The maximum atomic E-state index is 12.7. The molecule has 142 valence electrons. The summed E-state index contributed by atoms with van der Waals surface area (Å²) in [5.41, 5.74) is 1.79. The third-order valence-electron chi connectivity index (χ3n) is 4.90. The number of thiazole rings is 1. The Hall–Kier alpha value is -1.96. The van der Waals surface area contributed by atoms with E-state index in [1.807, 2.05) is 24.8 Å². The molecule has 0 atom stereocenters. The number of carbonyl (C=O) groups excluding carboxylic acids is 1. The number of amides is 1. The van der Waals surface area contributed by atoms with E-state index in [0.29, 0.717) is 11.3 Å². The second-order valence-corrected chi connectivity index (χ2v) is 8.70. The van der Waals surface area contributed by atoms with Crippen molar-refractivity contribution in [2.75, 3.05) is 32.7 Å². The number of hydrogen-bond acceptors (Lipinski definition) is 6. The fraction of sp³-hybridized carbons (Fsp3) is 0.400. The van der Waals surface area contributed by atoms with E-state index in [0.717, 1.165) is 50.6 Å². The highest BCUT2D eigenvalue weighted by atomic mass is 32.1. The summed E-state index contributed by atoms with van der Waals surface area (Å²) >= 11 is 3.47. The molecule has 0 aliphatic carbocycles. The summed E-state index contributed by atoms with van der Waals surface area (Å²) in [5, 5.41) is 5.41. The monoisotopic (exact) mass is 401 g/mol. The Balaban J connectivity index is 1.27. The Morgan fingerprint density at radius 3 is 2.70 bits per heavy atom. The first kappa shape index (κ1) is 18.4. The smallest absolute Gasteiger partial charge is 0.257 e. The van der Waals surface area contributed by atoms with Gasteiger partial charge < -0.3 is 9.32 Å². The van der Waals surface area contributed by atoms with Gasteiger partial charge in [0.25, 0.3) is 5.91 Å². The predicted octanol–water partition coefficient (Wildman–Crippen LogP) is 4.08. The number of thiophene rings is 1. The van der Waals surface area contributed by atoms with Crippen LogP contribution in [0.3, 0.4) is 0 Å². The molecule has 1 saturated heterocycles. The highest BCUT2D eigenvalue weighted by molar-refractivity contribution is 7.14. The van der Waals surface area contributed by atoms with Crippen LogP contribution in [0.15, 0.2) is 33.4 Å². The van der Waals surface area contributed by atoms with Crippen LogP contribution in [-0.4, -0.2) is 53.4 Å². The Kier molecular flexibility index (Phi) is 5.43. The van der Waals surface area contributed by atoms with Gasteiger partial charge in [-0.05, 0) is 31.4 Å². The Bertz CT molecular complexity index is 906. The number of carbonyl (C=O) groups is 1. The predicted molar refractivity (Wildman–Crippen MR) is 110 cm³/mol. The molecule has 7 heteroatoms. The average molecular weight is 402 g/mol. The lowest BCUT2D eigenvalue weighted by molar-refractivity contribution is 0.0637. The lowest BCUT2D eigenvalue weighted by Gasteiger charge is -2.34. The lowest BCUT2D eigenvalue weighted by atomic mass is 10.2.